The standard InChI is InChI=1S/C33H35FN4O4S2.ClH/c1-43-32-5-3-4-29(22-32)38(33(39)35-26-10-8-25(34)9-11-26)28-18-20-37(21-19-28)23-24-6-14-30(15-7-24)42-31-16-12-27(13-17-31)36-44(2,40)41;/h3-17,22,28,36H,18-21,23H2,1-2H3,(H,35,39);1H. The van der Waals surface area contributed by atoms with Crippen molar-refractivity contribution in [2.45, 2.75) is 30.3 Å². The van der Waals surface area contributed by atoms with Crippen molar-refractivity contribution in [3.05, 3.63) is 108 Å². The normalized spacial score (nSPS) is 13.8. The highest BCUT2D eigenvalue weighted by atomic mass is 35.5. The number of hydrogen-bond donors (Lipinski definition) is 2. The van der Waals surface area contributed by atoms with Crippen LogP contribution in [-0.2, 0) is 16.6 Å². The van der Waals surface area contributed by atoms with Crippen LogP contribution >= 0.6 is 24.2 Å². The Bertz CT molecular complexity index is 1670. The van der Waals surface area contributed by atoms with Gasteiger partial charge in [0.1, 0.15) is 17.3 Å². The molecule has 0 bridgehead atoms. The number of nitrogens with zero attached hydrogens (tertiary/aromatic N) is 2. The van der Waals surface area contributed by atoms with E-state index in [1.807, 2.05) is 59.7 Å². The van der Waals surface area contributed by atoms with Gasteiger partial charge in [-0.05, 0) is 104 Å². The Labute approximate surface area is 274 Å². The van der Waals surface area contributed by atoms with Crippen LogP contribution < -0.4 is 19.7 Å². The van der Waals surface area contributed by atoms with Crippen molar-refractivity contribution >= 4 is 57.3 Å². The third-order valence-corrected chi connectivity index (χ3v) is 8.62. The zero-order valence-corrected chi connectivity index (χ0v) is 27.4. The SMILES string of the molecule is CSc1cccc(N(C(=O)Nc2ccc(F)cc2)C2CCN(Cc3ccc(Oc4ccc(NS(C)(=O)=O)cc4)cc3)CC2)c1.Cl. The van der Waals surface area contributed by atoms with Gasteiger partial charge < -0.3 is 10.1 Å². The molecule has 0 aliphatic carbocycles. The second-order valence-corrected chi connectivity index (χ2v) is 13.3. The number of carbonyl (C=O) groups excluding carboxylic acids is 1. The first kappa shape index (κ1) is 34.1. The summed E-state index contributed by atoms with van der Waals surface area (Å²) in [6.45, 7) is 2.45. The van der Waals surface area contributed by atoms with E-state index in [4.69, 9.17) is 4.74 Å². The van der Waals surface area contributed by atoms with Gasteiger partial charge in [0.25, 0.3) is 0 Å². The predicted octanol–water partition coefficient (Wildman–Crippen LogP) is 7.84. The highest BCUT2D eigenvalue weighted by Crippen LogP contribution is 2.29. The first-order chi connectivity index (χ1) is 21.1. The number of nitrogens with one attached hydrogen (secondary N) is 2. The van der Waals surface area contributed by atoms with Gasteiger partial charge in [-0.15, -0.1) is 24.2 Å². The van der Waals surface area contributed by atoms with Crippen LogP contribution in [0.4, 0.5) is 26.2 Å². The molecule has 45 heavy (non-hydrogen) atoms. The Balaban J connectivity index is 0.00000461. The number of rotatable bonds is 10. The Hall–Kier alpha value is -3.77. The second kappa shape index (κ2) is 15.5. The zero-order chi connectivity index (χ0) is 31.1. The van der Waals surface area contributed by atoms with Gasteiger partial charge in [-0.1, -0.05) is 18.2 Å². The summed E-state index contributed by atoms with van der Waals surface area (Å²) in [4.78, 5) is 18.9. The van der Waals surface area contributed by atoms with Crippen molar-refractivity contribution in [2.24, 2.45) is 0 Å². The number of likely N-dealkylation sites (tertiary alicyclic amines) is 1. The van der Waals surface area contributed by atoms with Crippen LogP contribution in [0.5, 0.6) is 11.5 Å². The Morgan fingerprint density at radius 3 is 2.13 bits per heavy atom. The molecule has 0 saturated carbocycles. The first-order valence-corrected chi connectivity index (χ1v) is 17.3. The third kappa shape index (κ3) is 9.86. The molecule has 4 aromatic rings. The molecule has 1 saturated heterocycles. The molecule has 4 aromatic carbocycles. The fraction of sp³-hybridized carbons (Fsp3) is 0.242. The van der Waals surface area contributed by atoms with Crippen LogP contribution in [0.1, 0.15) is 18.4 Å². The van der Waals surface area contributed by atoms with E-state index in [1.165, 1.54) is 12.1 Å². The average Bonchev–Trinajstić information content (AvgIpc) is 3.01. The molecule has 1 aliphatic rings. The number of anilines is 3. The number of hydrogen-bond acceptors (Lipinski definition) is 6. The highest BCUT2D eigenvalue weighted by molar-refractivity contribution is 7.98. The molecule has 8 nitrogen and oxygen atoms in total. The number of carbonyl (C=O) groups is 1. The molecule has 1 aliphatic heterocycles. The molecule has 12 heteroatoms. The van der Waals surface area contributed by atoms with Crippen molar-refractivity contribution in [2.75, 3.05) is 40.5 Å². The van der Waals surface area contributed by atoms with Crippen LogP contribution in [0.15, 0.2) is 102 Å². The maximum Gasteiger partial charge on any atom is 0.326 e. The molecule has 5 rings (SSSR count). The number of ether oxygens (including phenoxy) is 1. The van der Waals surface area contributed by atoms with E-state index in [1.54, 1.807) is 48.2 Å². The minimum Gasteiger partial charge on any atom is -0.457 e. The molecule has 2 N–H and O–H groups in total. The average molecular weight is 671 g/mol. The van der Waals surface area contributed by atoms with E-state index in [0.29, 0.717) is 22.9 Å². The molecular formula is C33H36ClFN4O4S2. The number of benzene rings is 4. The van der Waals surface area contributed by atoms with Gasteiger partial charge in [0.2, 0.25) is 10.0 Å². The fourth-order valence-corrected chi connectivity index (χ4v) is 6.19. The van der Waals surface area contributed by atoms with Crippen molar-refractivity contribution < 1.29 is 22.3 Å². The third-order valence-electron chi connectivity index (χ3n) is 7.29. The van der Waals surface area contributed by atoms with Crippen molar-refractivity contribution in [1.82, 2.24) is 4.90 Å². The number of piperidine rings is 1. The zero-order valence-electron chi connectivity index (χ0n) is 25.0. The van der Waals surface area contributed by atoms with E-state index >= 15 is 0 Å². The van der Waals surface area contributed by atoms with Gasteiger partial charge in [0.05, 0.1) is 6.26 Å². The maximum atomic E-state index is 13.6. The molecule has 0 radical (unpaired) electrons. The molecule has 0 spiro atoms. The first-order valence-electron chi connectivity index (χ1n) is 14.2. The van der Waals surface area contributed by atoms with Gasteiger partial charge in [-0.25, -0.2) is 17.6 Å². The smallest absolute Gasteiger partial charge is 0.326 e. The van der Waals surface area contributed by atoms with Gasteiger partial charge in [0, 0.05) is 47.6 Å². The maximum absolute atomic E-state index is 13.6. The summed E-state index contributed by atoms with van der Waals surface area (Å²) in [6.07, 6.45) is 4.74. The number of halogens is 2. The number of sulfonamides is 1. The lowest BCUT2D eigenvalue weighted by atomic mass is 10.0. The van der Waals surface area contributed by atoms with E-state index in [0.717, 1.165) is 54.9 Å². The van der Waals surface area contributed by atoms with E-state index < -0.39 is 10.0 Å². The summed E-state index contributed by atoms with van der Waals surface area (Å²) < 4.78 is 44.6. The van der Waals surface area contributed by atoms with E-state index in [9.17, 15) is 17.6 Å². The van der Waals surface area contributed by atoms with Crippen LogP contribution in [-0.4, -0.2) is 51.0 Å². The Morgan fingerprint density at radius 1 is 0.933 bits per heavy atom. The van der Waals surface area contributed by atoms with Gasteiger partial charge in [-0.3, -0.25) is 14.5 Å². The summed E-state index contributed by atoms with van der Waals surface area (Å²) in [7, 11) is -3.33. The number of urea groups is 1. The quantitative estimate of drug-likeness (QED) is 0.167. The fourth-order valence-electron chi connectivity index (χ4n) is 5.17. The van der Waals surface area contributed by atoms with E-state index in [-0.39, 0.29) is 30.3 Å². The summed E-state index contributed by atoms with van der Waals surface area (Å²) in [6, 6.07) is 28.2. The minimum absolute atomic E-state index is 0. The van der Waals surface area contributed by atoms with Crippen LogP contribution in [0.25, 0.3) is 0 Å². The van der Waals surface area contributed by atoms with Crippen LogP contribution in [0.2, 0.25) is 0 Å². The van der Waals surface area contributed by atoms with Crippen LogP contribution in [0, 0.1) is 5.82 Å². The summed E-state index contributed by atoms with van der Waals surface area (Å²) in [5, 5.41) is 2.95. The van der Waals surface area contributed by atoms with Crippen molar-refractivity contribution in [3.8, 4) is 11.5 Å². The topological polar surface area (TPSA) is 91.0 Å². The second-order valence-electron chi connectivity index (χ2n) is 10.7. The van der Waals surface area contributed by atoms with Gasteiger partial charge >= 0.3 is 6.03 Å². The summed E-state index contributed by atoms with van der Waals surface area (Å²) in [5.41, 5.74) is 3.02. The molecular weight excluding hydrogens is 635 g/mol. The molecule has 238 valence electrons. The lowest BCUT2D eigenvalue weighted by Crippen LogP contribution is -2.49. The van der Waals surface area contributed by atoms with Gasteiger partial charge in [0.15, 0.2) is 0 Å². The van der Waals surface area contributed by atoms with Crippen LogP contribution in [0.3, 0.4) is 0 Å². The molecule has 0 unspecified atom stereocenters. The molecule has 1 fully saturated rings. The highest BCUT2D eigenvalue weighted by Gasteiger charge is 2.29. The Morgan fingerprint density at radius 2 is 1.53 bits per heavy atom. The number of amides is 2. The monoisotopic (exact) mass is 670 g/mol. The lowest BCUT2D eigenvalue weighted by Gasteiger charge is -2.38. The minimum atomic E-state index is -3.33. The largest absolute Gasteiger partial charge is 0.457 e. The summed E-state index contributed by atoms with van der Waals surface area (Å²) >= 11 is 1.63. The molecule has 1 heterocycles. The lowest BCUT2D eigenvalue weighted by molar-refractivity contribution is 0.199. The Kier molecular flexibility index (Phi) is 11.7. The number of thioether (sulfide) groups is 1. The molecule has 0 aromatic heterocycles. The molecule has 0 atom stereocenters. The van der Waals surface area contributed by atoms with Crippen molar-refractivity contribution in [3.63, 3.8) is 0 Å². The predicted molar refractivity (Wildman–Crippen MR) is 183 cm³/mol. The van der Waals surface area contributed by atoms with Crippen molar-refractivity contribution in [1.29, 1.82) is 0 Å². The van der Waals surface area contributed by atoms with E-state index in [2.05, 4.69) is 14.9 Å². The van der Waals surface area contributed by atoms with Gasteiger partial charge in [-0.2, -0.15) is 0 Å². The summed E-state index contributed by atoms with van der Waals surface area (Å²) in [5.74, 6) is 0.944. The molecule has 2 amide bonds.